The van der Waals surface area contributed by atoms with Gasteiger partial charge in [-0.2, -0.15) is 4.98 Å². The van der Waals surface area contributed by atoms with E-state index in [1.165, 1.54) is 0 Å². The van der Waals surface area contributed by atoms with Crippen LogP contribution in [0.15, 0.2) is 45.9 Å². The number of rotatable bonds is 2. The molecular formula is C10H6N4O2. The van der Waals surface area contributed by atoms with Gasteiger partial charge in [0.1, 0.15) is 5.69 Å². The van der Waals surface area contributed by atoms with Crippen LogP contribution in [0, 0.1) is 0 Å². The molecule has 0 saturated carbocycles. The first-order chi connectivity index (χ1) is 7.93. The fourth-order valence-electron chi connectivity index (χ4n) is 1.24. The Hall–Kier alpha value is -2.50. The van der Waals surface area contributed by atoms with Gasteiger partial charge in [0.25, 0.3) is 5.89 Å². The number of hydrogen-bond donors (Lipinski definition) is 0. The lowest BCUT2D eigenvalue weighted by Gasteiger charge is -1.88. The molecule has 6 heteroatoms. The fourth-order valence-corrected chi connectivity index (χ4v) is 1.24. The fraction of sp³-hybridized carbons (Fsp3) is 0. The summed E-state index contributed by atoms with van der Waals surface area (Å²) in [4.78, 5) is 12.1. The summed E-state index contributed by atoms with van der Waals surface area (Å²) in [6, 6.07) is 3.50. The molecule has 16 heavy (non-hydrogen) atoms. The minimum atomic E-state index is 0.325. The monoisotopic (exact) mass is 214 g/mol. The Labute approximate surface area is 90.0 Å². The highest BCUT2D eigenvalue weighted by atomic mass is 16.5. The first-order valence-corrected chi connectivity index (χ1v) is 4.57. The number of aromatic nitrogens is 4. The van der Waals surface area contributed by atoms with Crippen molar-refractivity contribution in [3.05, 3.63) is 37.0 Å². The summed E-state index contributed by atoms with van der Waals surface area (Å²) in [5, 5.41) is 3.79. The highest BCUT2D eigenvalue weighted by Gasteiger charge is 2.12. The van der Waals surface area contributed by atoms with Gasteiger partial charge in [-0.15, -0.1) is 0 Å². The normalized spacial score (nSPS) is 10.5. The van der Waals surface area contributed by atoms with Crippen LogP contribution in [0.4, 0.5) is 0 Å². The van der Waals surface area contributed by atoms with E-state index < -0.39 is 0 Å². The van der Waals surface area contributed by atoms with Crippen LogP contribution in [0.5, 0.6) is 0 Å². The van der Waals surface area contributed by atoms with Crippen LogP contribution >= 0.6 is 0 Å². The lowest BCUT2D eigenvalue weighted by Crippen LogP contribution is -1.85. The summed E-state index contributed by atoms with van der Waals surface area (Å²) in [6.45, 7) is 0. The van der Waals surface area contributed by atoms with E-state index in [9.17, 15) is 0 Å². The number of furan rings is 1. The third kappa shape index (κ3) is 1.46. The Morgan fingerprint density at radius 3 is 2.94 bits per heavy atom. The van der Waals surface area contributed by atoms with Gasteiger partial charge in [-0.05, 0) is 12.1 Å². The zero-order valence-electron chi connectivity index (χ0n) is 8.07. The molecule has 3 rings (SSSR count). The van der Waals surface area contributed by atoms with Crippen molar-refractivity contribution in [3.8, 4) is 23.2 Å². The maximum absolute atomic E-state index is 5.14. The molecule has 0 fully saturated rings. The second-order valence-corrected chi connectivity index (χ2v) is 2.99. The van der Waals surface area contributed by atoms with Gasteiger partial charge >= 0.3 is 0 Å². The van der Waals surface area contributed by atoms with E-state index in [0.717, 1.165) is 0 Å². The molecule has 3 heterocycles. The van der Waals surface area contributed by atoms with E-state index in [1.807, 2.05) is 0 Å². The zero-order chi connectivity index (χ0) is 10.8. The van der Waals surface area contributed by atoms with Crippen LogP contribution in [-0.2, 0) is 0 Å². The Morgan fingerprint density at radius 2 is 2.19 bits per heavy atom. The minimum absolute atomic E-state index is 0.325. The quantitative estimate of drug-likeness (QED) is 0.647. The molecule has 0 aromatic carbocycles. The van der Waals surface area contributed by atoms with Crippen LogP contribution < -0.4 is 0 Å². The van der Waals surface area contributed by atoms with Crippen molar-refractivity contribution < 1.29 is 8.94 Å². The average molecular weight is 214 g/mol. The lowest BCUT2D eigenvalue weighted by atomic mass is 10.4. The Kier molecular flexibility index (Phi) is 1.96. The van der Waals surface area contributed by atoms with Gasteiger partial charge in [-0.3, -0.25) is 4.98 Å². The Bertz CT molecular complexity index is 574. The van der Waals surface area contributed by atoms with Crippen molar-refractivity contribution >= 4 is 0 Å². The molecule has 0 spiro atoms. The Morgan fingerprint density at radius 1 is 1.19 bits per heavy atom. The summed E-state index contributed by atoms with van der Waals surface area (Å²) in [5.74, 6) is 1.24. The molecule has 6 nitrogen and oxygen atoms in total. The van der Waals surface area contributed by atoms with E-state index in [0.29, 0.717) is 23.2 Å². The van der Waals surface area contributed by atoms with E-state index in [-0.39, 0.29) is 0 Å². The summed E-state index contributed by atoms with van der Waals surface area (Å²) in [7, 11) is 0. The number of nitrogens with zero attached hydrogens (tertiary/aromatic N) is 4. The third-order valence-electron chi connectivity index (χ3n) is 1.95. The summed E-state index contributed by atoms with van der Waals surface area (Å²) in [5.41, 5.74) is 0.559. The second-order valence-electron chi connectivity index (χ2n) is 2.99. The molecule has 0 bridgehead atoms. The topological polar surface area (TPSA) is 77.8 Å². The van der Waals surface area contributed by atoms with Crippen molar-refractivity contribution in [2.24, 2.45) is 0 Å². The summed E-state index contributed by atoms with van der Waals surface area (Å²) < 4.78 is 10.2. The van der Waals surface area contributed by atoms with Crippen molar-refractivity contribution in [1.29, 1.82) is 0 Å². The van der Waals surface area contributed by atoms with Gasteiger partial charge in [0, 0.05) is 12.4 Å². The van der Waals surface area contributed by atoms with Crippen molar-refractivity contribution in [2.45, 2.75) is 0 Å². The molecule has 0 saturated heterocycles. The predicted octanol–water partition coefficient (Wildman–Crippen LogP) is 1.79. The molecule has 0 aliphatic rings. The molecule has 0 aliphatic heterocycles. The largest absolute Gasteiger partial charge is 0.459 e. The molecule has 3 aromatic heterocycles. The summed E-state index contributed by atoms with van der Waals surface area (Å²) in [6.07, 6.45) is 6.26. The Balaban J connectivity index is 2.00. The van der Waals surface area contributed by atoms with E-state index >= 15 is 0 Å². The molecule has 0 amide bonds. The van der Waals surface area contributed by atoms with E-state index in [2.05, 4.69) is 20.1 Å². The maximum Gasteiger partial charge on any atom is 0.293 e. The lowest BCUT2D eigenvalue weighted by molar-refractivity contribution is 0.416. The molecule has 0 unspecified atom stereocenters. The first kappa shape index (κ1) is 8.78. The van der Waals surface area contributed by atoms with Crippen LogP contribution in [-0.4, -0.2) is 20.1 Å². The van der Waals surface area contributed by atoms with Crippen LogP contribution in [0.2, 0.25) is 0 Å². The molecular weight excluding hydrogens is 208 g/mol. The summed E-state index contributed by atoms with van der Waals surface area (Å²) >= 11 is 0. The van der Waals surface area contributed by atoms with E-state index in [4.69, 9.17) is 8.94 Å². The molecule has 0 atom stereocenters. The SMILES string of the molecule is c1coc(-c2nc(-c3cnccn3)no2)c1. The van der Waals surface area contributed by atoms with Crippen LogP contribution in [0.25, 0.3) is 23.2 Å². The van der Waals surface area contributed by atoms with Gasteiger partial charge in [-0.25, -0.2) is 4.98 Å². The maximum atomic E-state index is 5.14. The molecule has 0 radical (unpaired) electrons. The van der Waals surface area contributed by atoms with Gasteiger partial charge < -0.3 is 8.94 Å². The van der Waals surface area contributed by atoms with Crippen LogP contribution in [0.1, 0.15) is 0 Å². The van der Waals surface area contributed by atoms with Crippen molar-refractivity contribution in [1.82, 2.24) is 20.1 Å². The zero-order valence-corrected chi connectivity index (χ0v) is 8.07. The van der Waals surface area contributed by atoms with Crippen LogP contribution in [0.3, 0.4) is 0 Å². The molecule has 0 aliphatic carbocycles. The highest BCUT2D eigenvalue weighted by molar-refractivity contribution is 5.51. The van der Waals surface area contributed by atoms with Gasteiger partial charge in [-0.1, -0.05) is 5.16 Å². The highest BCUT2D eigenvalue weighted by Crippen LogP contribution is 2.20. The second kappa shape index (κ2) is 3.58. The van der Waals surface area contributed by atoms with E-state index in [1.54, 1.807) is 37.0 Å². The van der Waals surface area contributed by atoms with Gasteiger partial charge in [0.2, 0.25) is 5.82 Å². The molecule has 78 valence electrons. The number of hydrogen-bond acceptors (Lipinski definition) is 6. The average Bonchev–Trinajstić information content (AvgIpc) is 3.01. The predicted molar refractivity (Wildman–Crippen MR) is 53.0 cm³/mol. The molecule has 3 aromatic rings. The molecule has 0 N–H and O–H groups in total. The third-order valence-corrected chi connectivity index (χ3v) is 1.95. The van der Waals surface area contributed by atoms with Crippen molar-refractivity contribution in [2.75, 3.05) is 0 Å². The minimum Gasteiger partial charge on any atom is -0.459 e. The first-order valence-electron chi connectivity index (χ1n) is 4.57. The van der Waals surface area contributed by atoms with Crippen molar-refractivity contribution in [3.63, 3.8) is 0 Å². The standard InChI is InChI=1S/C10H6N4O2/c1-2-8(15-5-1)10-13-9(14-16-10)7-6-11-3-4-12-7/h1-6H. The van der Waals surface area contributed by atoms with Gasteiger partial charge in [0.15, 0.2) is 5.76 Å². The smallest absolute Gasteiger partial charge is 0.293 e. The van der Waals surface area contributed by atoms with Gasteiger partial charge in [0.05, 0.1) is 12.5 Å².